The van der Waals surface area contributed by atoms with Gasteiger partial charge < -0.3 is 19.8 Å². The number of furan rings is 1. The third-order valence-corrected chi connectivity index (χ3v) is 2.72. The molecular formula is C15H24N2O4. The van der Waals surface area contributed by atoms with E-state index in [1.807, 2.05) is 20.8 Å². The molecule has 0 saturated carbocycles. The first-order valence-corrected chi connectivity index (χ1v) is 6.92. The number of hydrogen-bond acceptors (Lipinski definition) is 5. The topological polar surface area (TPSA) is 80.6 Å². The van der Waals surface area contributed by atoms with Crippen LogP contribution < -0.4 is 10.6 Å². The summed E-state index contributed by atoms with van der Waals surface area (Å²) in [6.45, 7) is 8.54. The average molecular weight is 296 g/mol. The van der Waals surface area contributed by atoms with E-state index in [4.69, 9.17) is 4.42 Å². The molecule has 1 rings (SSSR count). The molecule has 21 heavy (non-hydrogen) atoms. The van der Waals surface area contributed by atoms with Gasteiger partial charge in [0.2, 0.25) is 5.91 Å². The number of aryl methyl sites for hydroxylation is 1. The van der Waals surface area contributed by atoms with E-state index in [1.54, 1.807) is 13.0 Å². The van der Waals surface area contributed by atoms with Crippen LogP contribution in [0, 0.1) is 6.92 Å². The third-order valence-electron chi connectivity index (χ3n) is 2.72. The molecule has 0 aromatic carbocycles. The SMILES string of the molecule is COC(=O)c1cc(CNCCC(=O)NC(C)(C)C)oc1C. The van der Waals surface area contributed by atoms with Crippen molar-refractivity contribution in [2.75, 3.05) is 13.7 Å². The zero-order valence-electron chi connectivity index (χ0n) is 13.3. The fourth-order valence-electron chi connectivity index (χ4n) is 1.84. The molecule has 0 aliphatic rings. The summed E-state index contributed by atoms with van der Waals surface area (Å²) in [7, 11) is 1.33. The molecule has 0 unspecified atom stereocenters. The van der Waals surface area contributed by atoms with Crippen molar-refractivity contribution in [1.29, 1.82) is 0 Å². The van der Waals surface area contributed by atoms with Crippen LogP contribution in [0.15, 0.2) is 10.5 Å². The first-order valence-electron chi connectivity index (χ1n) is 6.92. The first kappa shape index (κ1) is 17.2. The van der Waals surface area contributed by atoms with Crippen LogP contribution >= 0.6 is 0 Å². The number of ether oxygens (including phenoxy) is 1. The Kier molecular flexibility index (Phi) is 5.96. The molecule has 1 amide bonds. The normalized spacial score (nSPS) is 11.3. The molecule has 0 atom stereocenters. The summed E-state index contributed by atoms with van der Waals surface area (Å²) in [6.07, 6.45) is 0.390. The lowest BCUT2D eigenvalue weighted by Crippen LogP contribution is -2.41. The van der Waals surface area contributed by atoms with Crippen molar-refractivity contribution in [3.8, 4) is 0 Å². The van der Waals surface area contributed by atoms with Crippen LogP contribution in [0.1, 0.15) is 49.1 Å². The number of amides is 1. The quantitative estimate of drug-likeness (QED) is 0.617. The minimum Gasteiger partial charge on any atom is -0.465 e. The standard InChI is InChI=1S/C15H24N2O4/c1-10-12(14(19)20-5)8-11(21-10)9-16-7-6-13(18)17-15(2,3)4/h8,16H,6-7,9H2,1-5H3,(H,17,18). The summed E-state index contributed by atoms with van der Waals surface area (Å²) in [4.78, 5) is 23.1. The number of nitrogens with one attached hydrogen (secondary N) is 2. The van der Waals surface area contributed by atoms with Gasteiger partial charge in [-0.3, -0.25) is 4.79 Å². The predicted octanol–water partition coefficient (Wildman–Crippen LogP) is 1.77. The van der Waals surface area contributed by atoms with Gasteiger partial charge in [-0.25, -0.2) is 4.79 Å². The van der Waals surface area contributed by atoms with E-state index in [-0.39, 0.29) is 11.4 Å². The van der Waals surface area contributed by atoms with Crippen LogP contribution in [0.25, 0.3) is 0 Å². The van der Waals surface area contributed by atoms with Gasteiger partial charge in [0.1, 0.15) is 17.1 Å². The van der Waals surface area contributed by atoms with Gasteiger partial charge in [-0.2, -0.15) is 0 Å². The van der Waals surface area contributed by atoms with Gasteiger partial charge >= 0.3 is 5.97 Å². The molecule has 0 aliphatic heterocycles. The van der Waals surface area contributed by atoms with Crippen molar-refractivity contribution in [1.82, 2.24) is 10.6 Å². The molecule has 0 saturated heterocycles. The molecule has 1 aromatic heterocycles. The summed E-state index contributed by atoms with van der Waals surface area (Å²) in [5.41, 5.74) is 0.213. The molecule has 0 spiro atoms. The highest BCUT2D eigenvalue weighted by Gasteiger charge is 2.15. The van der Waals surface area contributed by atoms with Crippen molar-refractivity contribution in [3.63, 3.8) is 0 Å². The van der Waals surface area contributed by atoms with Crippen LogP contribution in [-0.2, 0) is 16.1 Å². The minimum atomic E-state index is -0.410. The van der Waals surface area contributed by atoms with Crippen LogP contribution in [0.5, 0.6) is 0 Å². The van der Waals surface area contributed by atoms with Gasteiger partial charge in [0.05, 0.1) is 13.7 Å². The molecule has 1 aromatic rings. The Morgan fingerprint density at radius 2 is 2.00 bits per heavy atom. The summed E-state index contributed by atoms with van der Waals surface area (Å²) in [5.74, 6) is 0.765. The number of hydrogen-bond donors (Lipinski definition) is 2. The number of carbonyl (C=O) groups excluding carboxylic acids is 2. The van der Waals surface area contributed by atoms with Crippen molar-refractivity contribution >= 4 is 11.9 Å². The molecule has 0 radical (unpaired) electrons. The van der Waals surface area contributed by atoms with Crippen LogP contribution in [-0.4, -0.2) is 31.1 Å². The average Bonchev–Trinajstić information content (AvgIpc) is 2.73. The number of rotatable bonds is 6. The molecule has 6 heteroatoms. The van der Waals surface area contributed by atoms with Gasteiger partial charge in [0.25, 0.3) is 0 Å². The highest BCUT2D eigenvalue weighted by molar-refractivity contribution is 5.90. The van der Waals surface area contributed by atoms with Crippen molar-refractivity contribution < 1.29 is 18.7 Å². The van der Waals surface area contributed by atoms with E-state index in [0.717, 1.165) is 0 Å². The minimum absolute atomic E-state index is 0.000810. The molecule has 2 N–H and O–H groups in total. The van der Waals surface area contributed by atoms with E-state index in [9.17, 15) is 9.59 Å². The fourth-order valence-corrected chi connectivity index (χ4v) is 1.84. The Morgan fingerprint density at radius 3 is 2.57 bits per heavy atom. The Labute approximate surface area is 125 Å². The molecule has 6 nitrogen and oxygen atoms in total. The van der Waals surface area contributed by atoms with Gasteiger partial charge in [-0.05, 0) is 33.8 Å². The molecular weight excluding hydrogens is 272 g/mol. The second kappa shape index (κ2) is 7.26. The molecule has 118 valence electrons. The van der Waals surface area contributed by atoms with Gasteiger partial charge in [0.15, 0.2) is 0 Å². The van der Waals surface area contributed by atoms with Crippen molar-refractivity contribution in [3.05, 3.63) is 23.2 Å². The molecule has 0 fully saturated rings. The Morgan fingerprint density at radius 1 is 1.33 bits per heavy atom. The number of methoxy groups -OCH3 is 1. The van der Waals surface area contributed by atoms with E-state index >= 15 is 0 Å². The summed E-state index contributed by atoms with van der Waals surface area (Å²) >= 11 is 0. The zero-order chi connectivity index (χ0) is 16.0. The monoisotopic (exact) mass is 296 g/mol. The lowest BCUT2D eigenvalue weighted by atomic mass is 10.1. The summed E-state index contributed by atoms with van der Waals surface area (Å²) in [6, 6.07) is 1.66. The fraction of sp³-hybridized carbons (Fsp3) is 0.600. The lowest BCUT2D eigenvalue weighted by Gasteiger charge is -2.20. The summed E-state index contributed by atoms with van der Waals surface area (Å²) in [5, 5.41) is 6.00. The van der Waals surface area contributed by atoms with Gasteiger partial charge in [0, 0.05) is 18.5 Å². The second-order valence-corrected chi connectivity index (χ2v) is 5.90. The van der Waals surface area contributed by atoms with E-state index in [2.05, 4.69) is 15.4 Å². The van der Waals surface area contributed by atoms with Crippen molar-refractivity contribution in [2.24, 2.45) is 0 Å². The Hall–Kier alpha value is -1.82. The number of esters is 1. The second-order valence-electron chi connectivity index (χ2n) is 5.90. The lowest BCUT2D eigenvalue weighted by molar-refractivity contribution is -0.122. The maximum Gasteiger partial charge on any atom is 0.341 e. The Balaban J connectivity index is 2.37. The van der Waals surface area contributed by atoms with Crippen LogP contribution in [0.2, 0.25) is 0 Å². The molecule has 1 heterocycles. The van der Waals surface area contributed by atoms with Crippen LogP contribution in [0.3, 0.4) is 0 Å². The maximum absolute atomic E-state index is 11.6. The van der Waals surface area contributed by atoms with E-state index in [1.165, 1.54) is 7.11 Å². The van der Waals surface area contributed by atoms with E-state index < -0.39 is 5.97 Å². The summed E-state index contributed by atoms with van der Waals surface area (Å²) < 4.78 is 10.1. The maximum atomic E-state index is 11.6. The Bertz CT molecular complexity index is 500. The molecule has 0 bridgehead atoms. The largest absolute Gasteiger partial charge is 0.465 e. The van der Waals surface area contributed by atoms with E-state index in [0.29, 0.717) is 36.6 Å². The smallest absolute Gasteiger partial charge is 0.341 e. The highest BCUT2D eigenvalue weighted by atomic mass is 16.5. The number of carbonyl (C=O) groups is 2. The highest BCUT2D eigenvalue weighted by Crippen LogP contribution is 2.15. The molecule has 0 aliphatic carbocycles. The van der Waals surface area contributed by atoms with Gasteiger partial charge in [-0.15, -0.1) is 0 Å². The van der Waals surface area contributed by atoms with Gasteiger partial charge in [-0.1, -0.05) is 0 Å². The zero-order valence-corrected chi connectivity index (χ0v) is 13.3. The van der Waals surface area contributed by atoms with Crippen molar-refractivity contribution in [2.45, 2.75) is 46.2 Å². The van der Waals surface area contributed by atoms with Crippen LogP contribution in [0.4, 0.5) is 0 Å². The predicted molar refractivity (Wildman–Crippen MR) is 79.0 cm³/mol. The first-order chi connectivity index (χ1) is 9.73. The third kappa shape index (κ3) is 5.99.